The molecule has 0 spiro atoms. The van der Waals surface area contributed by atoms with E-state index in [4.69, 9.17) is 9.47 Å². The highest BCUT2D eigenvalue weighted by atomic mass is 16.5. The number of allylic oxidation sites excluding steroid dienone is 1. The van der Waals surface area contributed by atoms with E-state index in [9.17, 15) is 9.59 Å². The lowest BCUT2D eigenvalue weighted by Crippen LogP contribution is -2.66. The van der Waals surface area contributed by atoms with Gasteiger partial charge in [0.05, 0.1) is 6.61 Å². The van der Waals surface area contributed by atoms with E-state index in [0.717, 1.165) is 12.8 Å². The maximum Gasteiger partial charge on any atom is 0.302 e. The van der Waals surface area contributed by atoms with Gasteiger partial charge in [0.2, 0.25) is 0 Å². The zero-order chi connectivity index (χ0) is 24.4. The fourth-order valence-corrected chi connectivity index (χ4v) is 10.1. The van der Waals surface area contributed by atoms with Crippen LogP contribution in [0.5, 0.6) is 0 Å². The summed E-state index contributed by atoms with van der Waals surface area (Å²) in [5.41, 5.74) is 1.91. The molecule has 0 heterocycles. The first-order valence-corrected chi connectivity index (χ1v) is 13.2. The highest BCUT2D eigenvalue weighted by Gasteiger charge is 2.68. The first kappa shape index (κ1) is 24.8. The summed E-state index contributed by atoms with van der Waals surface area (Å²) in [6.07, 6.45) is 10.5. The number of hydrogen-bond acceptors (Lipinski definition) is 4. The number of fused-ring (bicyclic) bond motifs is 5. The van der Waals surface area contributed by atoms with Crippen LogP contribution in [0, 0.1) is 45.3 Å². The minimum atomic E-state index is -0.194. The molecule has 3 saturated carbocycles. The second-order valence-corrected chi connectivity index (χ2v) is 13.4. The van der Waals surface area contributed by atoms with Crippen LogP contribution < -0.4 is 0 Å². The van der Waals surface area contributed by atoms with Gasteiger partial charge >= 0.3 is 11.9 Å². The molecule has 4 aliphatic carbocycles. The molecule has 0 amide bonds. The standard InChI is InChI=1S/C29H46O4/c1-18-10-11-23-27(6,21(18)17-32-19(2)30)15-12-24-28(7)14-9-13-26(4,5)25(28)22(33-20(3)31)16-29(23,24)8/h10,21-25H,9,11-17H2,1-8H3/t21-,22+,23-,24-,25+,27-,28-,29+/m1/s1. The molecular weight excluding hydrogens is 412 g/mol. The van der Waals surface area contributed by atoms with Crippen LogP contribution in [-0.2, 0) is 19.1 Å². The van der Waals surface area contributed by atoms with Crippen LogP contribution in [0.15, 0.2) is 11.6 Å². The van der Waals surface area contributed by atoms with Crippen molar-refractivity contribution in [3.8, 4) is 0 Å². The molecule has 0 N–H and O–H groups in total. The lowest BCUT2D eigenvalue weighted by molar-refractivity contribution is -0.243. The van der Waals surface area contributed by atoms with E-state index in [2.05, 4.69) is 47.6 Å². The maximum absolute atomic E-state index is 12.3. The van der Waals surface area contributed by atoms with E-state index in [1.165, 1.54) is 44.6 Å². The molecular formula is C29H46O4. The lowest BCUT2D eigenvalue weighted by Gasteiger charge is -2.70. The Hall–Kier alpha value is -1.32. The zero-order valence-corrected chi connectivity index (χ0v) is 22.3. The summed E-state index contributed by atoms with van der Waals surface area (Å²) in [5.74, 6) is 1.45. The number of carbonyl (C=O) groups excluding carboxylic acids is 2. The van der Waals surface area contributed by atoms with Gasteiger partial charge < -0.3 is 9.47 Å². The molecule has 0 unspecified atom stereocenters. The minimum absolute atomic E-state index is 0.0228. The number of carbonyl (C=O) groups is 2. The van der Waals surface area contributed by atoms with Gasteiger partial charge in [0, 0.05) is 25.7 Å². The Labute approximate surface area is 201 Å². The van der Waals surface area contributed by atoms with Crippen LogP contribution in [0.3, 0.4) is 0 Å². The van der Waals surface area contributed by atoms with E-state index in [0.29, 0.717) is 24.4 Å². The topological polar surface area (TPSA) is 52.6 Å². The summed E-state index contributed by atoms with van der Waals surface area (Å²) in [6, 6.07) is 0. The van der Waals surface area contributed by atoms with Gasteiger partial charge in [0.15, 0.2) is 0 Å². The van der Waals surface area contributed by atoms with Gasteiger partial charge in [-0.05, 0) is 78.9 Å². The van der Waals surface area contributed by atoms with Gasteiger partial charge in [-0.15, -0.1) is 0 Å². The summed E-state index contributed by atoms with van der Waals surface area (Å²) in [6.45, 7) is 18.1. The molecule has 0 aliphatic heterocycles. The Morgan fingerprint density at radius 3 is 2.27 bits per heavy atom. The molecule has 4 rings (SSSR count). The molecule has 0 aromatic rings. The fraction of sp³-hybridized carbons (Fsp3) is 0.862. The highest BCUT2D eigenvalue weighted by molar-refractivity contribution is 5.66. The van der Waals surface area contributed by atoms with E-state index in [1.807, 2.05) is 0 Å². The average Bonchev–Trinajstić information content (AvgIpc) is 2.64. The molecule has 0 bridgehead atoms. The van der Waals surface area contributed by atoms with Crippen molar-refractivity contribution in [3.63, 3.8) is 0 Å². The van der Waals surface area contributed by atoms with Crippen molar-refractivity contribution >= 4 is 11.9 Å². The number of ether oxygens (including phenoxy) is 2. The third kappa shape index (κ3) is 3.78. The van der Waals surface area contributed by atoms with Crippen LogP contribution in [0.2, 0.25) is 0 Å². The van der Waals surface area contributed by atoms with Crippen LogP contribution in [0.4, 0.5) is 0 Å². The van der Waals surface area contributed by atoms with Crippen molar-refractivity contribution in [3.05, 3.63) is 11.6 Å². The SMILES string of the molecule is CC(=O)OC[C@@H]1C(C)=CC[C@H]2[C@]3(C)C[C@H](OC(C)=O)[C@H]4C(C)(C)CCC[C@]4(C)[C@H]3CC[C@@]21C. The smallest absolute Gasteiger partial charge is 0.302 e. The van der Waals surface area contributed by atoms with Crippen molar-refractivity contribution in [2.24, 2.45) is 45.3 Å². The van der Waals surface area contributed by atoms with Crippen LogP contribution >= 0.6 is 0 Å². The molecule has 0 aromatic heterocycles. The molecule has 0 saturated heterocycles. The number of hydrogen-bond donors (Lipinski definition) is 0. The quantitative estimate of drug-likeness (QED) is 0.348. The average molecular weight is 459 g/mol. The van der Waals surface area contributed by atoms with Crippen molar-refractivity contribution in [1.29, 1.82) is 0 Å². The number of rotatable bonds is 3. The normalized spacial score (nSPS) is 46.2. The Kier molecular flexibility index (Phi) is 6.10. The fourth-order valence-electron chi connectivity index (χ4n) is 10.1. The predicted molar refractivity (Wildman–Crippen MR) is 130 cm³/mol. The van der Waals surface area contributed by atoms with Gasteiger partial charge in [0.1, 0.15) is 6.10 Å². The molecule has 3 fully saturated rings. The largest absolute Gasteiger partial charge is 0.465 e. The van der Waals surface area contributed by atoms with Gasteiger partial charge in [-0.1, -0.05) is 52.7 Å². The van der Waals surface area contributed by atoms with Gasteiger partial charge in [-0.3, -0.25) is 9.59 Å². The van der Waals surface area contributed by atoms with Crippen LogP contribution in [0.1, 0.15) is 100 Å². The third-order valence-corrected chi connectivity index (χ3v) is 11.0. The predicted octanol–water partition coefficient (Wildman–Crippen LogP) is 6.72. The molecule has 0 radical (unpaired) electrons. The monoisotopic (exact) mass is 458 g/mol. The maximum atomic E-state index is 12.3. The summed E-state index contributed by atoms with van der Waals surface area (Å²) < 4.78 is 11.8. The minimum Gasteiger partial charge on any atom is -0.465 e. The van der Waals surface area contributed by atoms with Gasteiger partial charge in [0.25, 0.3) is 0 Å². The molecule has 4 aliphatic rings. The van der Waals surface area contributed by atoms with Gasteiger partial charge in [-0.2, -0.15) is 0 Å². The molecule has 8 atom stereocenters. The molecule has 186 valence electrons. The first-order valence-electron chi connectivity index (χ1n) is 13.2. The summed E-state index contributed by atoms with van der Waals surface area (Å²) in [7, 11) is 0. The summed E-state index contributed by atoms with van der Waals surface area (Å²) in [4.78, 5) is 23.9. The second kappa shape index (κ2) is 8.12. The van der Waals surface area contributed by atoms with Crippen molar-refractivity contribution in [1.82, 2.24) is 0 Å². The zero-order valence-electron chi connectivity index (χ0n) is 22.3. The van der Waals surface area contributed by atoms with E-state index < -0.39 is 0 Å². The van der Waals surface area contributed by atoms with Gasteiger partial charge in [-0.25, -0.2) is 0 Å². The van der Waals surface area contributed by atoms with E-state index in [-0.39, 0.29) is 45.6 Å². The highest BCUT2D eigenvalue weighted by Crippen LogP contribution is 2.73. The second-order valence-electron chi connectivity index (χ2n) is 13.4. The van der Waals surface area contributed by atoms with Crippen LogP contribution in [0.25, 0.3) is 0 Å². The Balaban J connectivity index is 1.77. The molecule has 4 nitrogen and oxygen atoms in total. The van der Waals surface area contributed by atoms with Crippen molar-refractivity contribution in [2.45, 2.75) is 106 Å². The van der Waals surface area contributed by atoms with Crippen molar-refractivity contribution in [2.75, 3.05) is 6.61 Å². The van der Waals surface area contributed by atoms with E-state index >= 15 is 0 Å². The Bertz CT molecular complexity index is 843. The van der Waals surface area contributed by atoms with E-state index in [1.54, 1.807) is 6.92 Å². The van der Waals surface area contributed by atoms with Crippen LogP contribution in [-0.4, -0.2) is 24.6 Å². The summed E-state index contributed by atoms with van der Waals surface area (Å²) in [5, 5.41) is 0. The first-order chi connectivity index (χ1) is 15.3. The summed E-state index contributed by atoms with van der Waals surface area (Å²) >= 11 is 0. The lowest BCUT2D eigenvalue weighted by atomic mass is 9.34. The Morgan fingerprint density at radius 1 is 0.939 bits per heavy atom. The molecule has 33 heavy (non-hydrogen) atoms. The third-order valence-electron chi connectivity index (χ3n) is 11.0. The Morgan fingerprint density at radius 2 is 1.64 bits per heavy atom. The molecule has 4 heteroatoms. The van der Waals surface area contributed by atoms with Crippen molar-refractivity contribution < 1.29 is 19.1 Å². The molecule has 0 aromatic carbocycles. The number of esters is 2.